The number of phenolic OH excluding ortho intramolecular Hbond substituents is 1. The van der Waals surface area contributed by atoms with E-state index in [1.807, 2.05) is 56.8 Å². The van der Waals surface area contributed by atoms with Gasteiger partial charge in [-0.2, -0.15) is 4.57 Å². The van der Waals surface area contributed by atoms with Crippen molar-refractivity contribution in [2.45, 2.75) is 27.6 Å². The van der Waals surface area contributed by atoms with E-state index in [-0.39, 0.29) is 5.75 Å². The number of nitrogens with zero attached hydrogens (tertiary/aromatic N) is 2. The van der Waals surface area contributed by atoms with Crippen LogP contribution in [-0.4, -0.2) is 9.67 Å². The number of rotatable bonds is 1. The summed E-state index contributed by atoms with van der Waals surface area (Å²) in [5.74, 6) is 0.972. The highest BCUT2D eigenvalue weighted by Crippen LogP contribution is 2.37. The van der Waals surface area contributed by atoms with Gasteiger partial charge >= 0.3 is 0 Å². The number of aromatic hydroxyl groups is 1. The molecule has 0 unspecified atom stereocenters. The highest BCUT2D eigenvalue weighted by molar-refractivity contribution is 6.11. The maximum absolute atomic E-state index is 10.4. The van der Waals surface area contributed by atoms with Crippen LogP contribution >= 0.6 is 0 Å². The summed E-state index contributed by atoms with van der Waals surface area (Å²) in [6, 6.07) is 11.5. The first kappa shape index (κ1) is 12.5. The average Bonchev–Trinajstić information content (AvgIpc) is 2.93. The van der Waals surface area contributed by atoms with Crippen LogP contribution < -0.4 is 4.57 Å². The number of para-hydroxylation sites is 1. The molecule has 2 heterocycles. The Morgan fingerprint density at radius 1 is 0.960 bits per heavy atom. The number of benzene rings is 2. The molecule has 126 valence electrons. The minimum Gasteiger partial charge on any atom is -0.508 e. The molecule has 0 saturated carbocycles. The molecule has 0 bridgehead atoms. The van der Waals surface area contributed by atoms with Crippen molar-refractivity contribution in [2.75, 3.05) is 0 Å². The fourth-order valence-electron chi connectivity index (χ4n) is 3.70. The maximum atomic E-state index is 10.4. The van der Waals surface area contributed by atoms with E-state index >= 15 is 0 Å². The van der Waals surface area contributed by atoms with E-state index in [0.717, 1.165) is 44.3 Å². The summed E-state index contributed by atoms with van der Waals surface area (Å²) in [5, 5.41) is 12.5. The lowest BCUT2D eigenvalue weighted by molar-refractivity contribution is -0.665. The lowest BCUT2D eigenvalue weighted by Crippen LogP contribution is -2.34. The molecule has 3 nitrogen and oxygen atoms in total. The third kappa shape index (κ3) is 2.15. The number of phenols is 1. The fraction of sp³-hybridized carbons (Fsp3) is 0.227. The minimum atomic E-state index is -2.20. The third-order valence-corrected chi connectivity index (χ3v) is 5.05. The second-order valence-corrected chi connectivity index (χ2v) is 6.75. The van der Waals surface area contributed by atoms with Gasteiger partial charge in [0.25, 0.3) is 5.82 Å². The summed E-state index contributed by atoms with van der Waals surface area (Å²) in [6.07, 6.45) is 1.85. The number of aryl methyl sites for hydroxylation is 5. The summed E-state index contributed by atoms with van der Waals surface area (Å²) in [4.78, 5) is 0. The number of pyridine rings is 1. The predicted molar refractivity (Wildman–Crippen MR) is 103 cm³/mol. The van der Waals surface area contributed by atoms with Crippen LogP contribution in [0, 0.1) is 27.6 Å². The molecular weight excluding hydrogens is 308 g/mol. The quantitative estimate of drug-likeness (QED) is 0.508. The lowest BCUT2D eigenvalue weighted by Gasteiger charge is -2.09. The van der Waals surface area contributed by atoms with Gasteiger partial charge in [0.1, 0.15) is 16.8 Å². The van der Waals surface area contributed by atoms with Crippen LogP contribution in [0.2, 0.25) is 0 Å². The molecule has 0 amide bonds. The van der Waals surface area contributed by atoms with Crippen LogP contribution in [0.1, 0.15) is 26.4 Å². The van der Waals surface area contributed by atoms with Crippen molar-refractivity contribution >= 4 is 21.8 Å². The van der Waals surface area contributed by atoms with E-state index in [1.54, 1.807) is 12.1 Å². The first-order valence-corrected chi connectivity index (χ1v) is 8.34. The summed E-state index contributed by atoms with van der Waals surface area (Å²) in [6.45, 7) is 3.56. The Morgan fingerprint density at radius 2 is 1.72 bits per heavy atom. The van der Waals surface area contributed by atoms with Crippen LogP contribution in [0.15, 0.2) is 42.6 Å². The van der Waals surface area contributed by atoms with E-state index in [2.05, 4.69) is 10.6 Å². The summed E-state index contributed by atoms with van der Waals surface area (Å²) >= 11 is 0. The molecule has 0 radical (unpaired) electrons. The fourth-order valence-corrected chi connectivity index (χ4v) is 3.70. The topological polar surface area (TPSA) is 29.0 Å². The Balaban J connectivity index is 2.25. The SMILES string of the molecule is [2H]C([2H])([2H])c1cc(-n2c3c(C)cccc3c3ccc(O)c(C)c32)[n+](C)cc1C. The van der Waals surface area contributed by atoms with Gasteiger partial charge in [0.05, 0.1) is 13.2 Å². The molecule has 0 spiro atoms. The zero-order valence-corrected chi connectivity index (χ0v) is 14.9. The monoisotopic (exact) mass is 334 g/mol. The summed E-state index contributed by atoms with van der Waals surface area (Å²) in [5.41, 5.74) is 4.82. The molecule has 0 atom stereocenters. The zero-order chi connectivity index (χ0) is 20.4. The summed E-state index contributed by atoms with van der Waals surface area (Å²) < 4.78 is 27.8. The molecule has 0 aliphatic rings. The highest BCUT2D eigenvalue weighted by Gasteiger charge is 2.25. The van der Waals surface area contributed by atoms with Gasteiger partial charge in [-0.25, -0.2) is 4.57 Å². The van der Waals surface area contributed by atoms with Crippen LogP contribution in [0.3, 0.4) is 0 Å². The van der Waals surface area contributed by atoms with Crippen molar-refractivity contribution in [2.24, 2.45) is 7.05 Å². The van der Waals surface area contributed by atoms with E-state index < -0.39 is 6.85 Å². The molecule has 2 aromatic heterocycles. The van der Waals surface area contributed by atoms with Crippen LogP contribution in [0.5, 0.6) is 5.75 Å². The Morgan fingerprint density at radius 3 is 2.48 bits per heavy atom. The van der Waals surface area contributed by atoms with Crippen LogP contribution in [-0.2, 0) is 7.05 Å². The molecule has 0 saturated heterocycles. The van der Waals surface area contributed by atoms with Gasteiger partial charge < -0.3 is 5.11 Å². The molecule has 0 aliphatic heterocycles. The lowest BCUT2D eigenvalue weighted by atomic mass is 10.1. The van der Waals surface area contributed by atoms with Crippen molar-refractivity contribution in [3.05, 3.63) is 64.8 Å². The molecule has 0 fully saturated rings. The smallest absolute Gasteiger partial charge is 0.286 e. The van der Waals surface area contributed by atoms with Crippen molar-refractivity contribution in [1.29, 1.82) is 0 Å². The molecule has 4 aromatic rings. The molecule has 2 aromatic carbocycles. The van der Waals surface area contributed by atoms with E-state index in [9.17, 15) is 5.11 Å². The maximum Gasteiger partial charge on any atom is 0.286 e. The van der Waals surface area contributed by atoms with Gasteiger partial charge in [0, 0.05) is 26.5 Å². The normalized spacial score (nSPS) is 13.8. The van der Waals surface area contributed by atoms with E-state index in [1.165, 1.54) is 0 Å². The Labute approximate surface area is 152 Å². The Hall–Kier alpha value is -2.81. The number of fused-ring (bicyclic) bond motifs is 3. The average molecular weight is 334 g/mol. The zero-order valence-electron chi connectivity index (χ0n) is 17.9. The van der Waals surface area contributed by atoms with Crippen molar-refractivity contribution in [1.82, 2.24) is 4.57 Å². The third-order valence-electron chi connectivity index (χ3n) is 5.05. The molecular formula is C22H23N2O+. The van der Waals surface area contributed by atoms with Crippen LogP contribution in [0.4, 0.5) is 0 Å². The Kier molecular flexibility index (Phi) is 2.68. The van der Waals surface area contributed by atoms with E-state index in [0.29, 0.717) is 5.56 Å². The van der Waals surface area contributed by atoms with Crippen LogP contribution in [0.25, 0.3) is 27.6 Å². The van der Waals surface area contributed by atoms with Gasteiger partial charge in [0.15, 0.2) is 0 Å². The standard InChI is InChI=1S/C22H22N2O/c1-13-7-6-8-17-18-9-10-19(25)16(4)22(18)24(21(13)17)20-11-14(2)15(3)12-23(20)5/h6-12H,1-5H3/p+1/i2D3. The van der Waals surface area contributed by atoms with Gasteiger partial charge in [-0.1, -0.05) is 12.1 Å². The van der Waals surface area contributed by atoms with Crippen molar-refractivity contribution in [3.63, 3.8) is 0 Å². The number of hydrogen-bond acceptors (Lipinski definition) is 1. The molecule has 1 N–H and O–H groups in total. The first-order valence-electron chi connectivity index (χ1n) is 9.84. The van der Waals surface area contributed by atoms with E-state index in [4.69, 9.17) is 4.11 Å². The molecule has 0 aliphatic carbocycles. The second-order valence-electron chi connectivity index (χ2n) is 6.75. The van der Waals surface area contributed by atoms with Gasteiger partial charge in [-0.15, -0.1) is 0 Å². The summed E-state index contributed by atoms with van der Waals surface area (Å²) in [7, 11) is 1.92. The number of aromatic nitrogens is 2. The highest BCUT2D eigenvalue weighted by atomic mass is 16.3. The van der Waals surface area contributed by atoms with Gasteiger partial charge in [-0.3, -0.25) is 0 Å². The Bertz CT molecular complexity index is 1250. The van der Waals surface area contributed by atoms with Gasteiger partial charge in [-0.05, 0) is 62.5 Å². The largest absolute Gasteiger partial charge is 0.508 e. The van der Waals surface area contributed by atoms with Gasteiger partial charge in [0.2, 0.25) is 0 Å². The van der Waals surface area contributed by atoms with Crippen molar-refractivity contribution in [3.8, 4) is 11.6 Å². The molecule has 25 heavy (non-hydrogen) atoms. The molecule has 4 rings (SSSR count). The second kappa shape index (κ2) is 5.35. The predicted octanol–water partition coefficient (Wildman–Crippen LogP) is 4.55. The number of hydrogen-bond donors (Lipinski definition) is 1. The van der Waals surface area contributed by atoms with Crippen molar-refractivity contribution < 1.29 is 13.8 Å². The minimum absolute atomic E-state index is 0.222. The molecule has 3 heteroatoms. The first-order chi connectivity index (χ1) is 13.1.